The minimum atomic E-state index is 0.0122. The fraction of sp³-hybridized carbons (Fsp3) is 0.0400. The second-order valence-electron chi connectivity index (χ2n) is 7.04. The summed E-state index contributed by atoms with van der Waals surface area (Å²) < 4.78 is 3.32. The van der Waals surface area contributed by atoms with E-state index in [1.54, 1.807) is 0 Å². The van der Waals surface area contributed by atoms with E-state index in [4.69, 9.17) is 9.97 Å². The Morgan fingerprint density at radius 2 is 1.70 bits per heavy atom. The lowest BCUT2D eigenvalue weighted by molar-refractivity contribution is 0.957. The number of aromatic nitrogens is 3. The summed E-state index contributed by atoms with van der Waals surface area (Å²) in [6.07, 6.45) is 6.03. The zero-order valence-electron chi connectivity index (χ0n) is 16.5. The fourth-order valence-corrected chi connectivity index (χ4v) is 6.08. The first-order chi connectivity index (χ1) is 14.8. The van der Waals surface area contributed by atoms with E-state index in [1.165, 1.54) is 16.2 Å². The van der Waals surface area contributed by atoms with Crippen molar-refractivity contribution in [2.75, 3.05) is 0 Å². The maximum Gasteiger partial charge on any atom is 0.388 e. The molecule has 5 heteroatoms. The first-order valence-corrected chi connectivity index (χ1v) is 14.5. The topological polar surface area (TPSA) is 30.7 Å². The molecule has 3 aromatic carbocycles. The van der Waals surface area contributed by atoms with Crippen LogP contribution in [0.5, 0.6) is 0 Å². The summed E-state index contributed by atoms with van der Waals surface area (Å²) in [5, 5.41) is 6.93. The Labute approximate surface area is 191 Å². The monoisotopic (exact) mass is 514 g/mol. The molecule has 0 saturated carbocycles. The number of rotatable bonds is 3. The molecule has 0 aliphatic heterocycles. The molecule has 5 rings (SSSR count). The van der Waals surface area contributed by atoms with Gasteiger partial charge in [-0.05, 0) is 22.9 Å². The summed E-state index contributed by atoms with van der Waals surface area (Å²) in [7, 11) is 0. The third-order valence-electron chi connectivity index (χ3n) is 5.42. The molecular formula is C25H18AlIN3. The molecule has 5 aromatic rings. The molecule has 0 N–H and O–H groups in total. The molecule has 2 aromatic heterocycles. The van der Waals surface area contributed by atoms with Gasteiger partial charge in [0.2, 0.25) is 5.95 Å². The lowest BCUT2D eigenvalue weighted by Gasteiger charge is -2.11. The highest BCUT2D eigenvalue weighted by atomic mass is 127. The maximum atomic E-state index is 5.12. The van der Waals surface area contributed by atoms with Crippen LogP contribution >= 0.6 is 20.3 Å². The summed E-state index contributed by atoms with van der Waals surface area (Å²) in [6.45, 7) is 5.98. The number of nitrogens with zero attached hydrogens (tertiary/aromatic N) is 3. The van der Waals surface area contributed by atoms with Crippen LogP contribution in [-0.2, 0) is 0 Å². The summed E-state index contributed by atoms with van der Waals surface area (Å²) in [6, 6.07) is 21.2. The normalized spacial score (nSPS) is 12.9. The summed E-state index contributed by atoms with van der Waals surface area (Å²) in [5.74, 6) is 0.728. The van der Waals surface area contributed by atoms with Gasteiger partial charge in [0.15, 0.2) is 0 Å². The number of para-hydroxylation sites is 1. The Morgan fingerprint density at radius 1 is 0.933 bits per heavy atom. The van der Waals surface area contributed by atoms with Crippen LogP contribution in [0.1, 0.15) is 6.92 Å². The minimum Gasteiger partial charge on any atom is -0.278 e. The maximum absolute atomic E-state index is 5.12. The van der Waals surface area contributed by atoms with Crippen LogP contribution < -0.4 is 15.1 Å². The number of halogens is 1. The average Bonchev–Trinajstić information content (AvgIpc) is 3.12. The molecule has 0 fully saturated rings. The van der Waals surface area contributed by atoms with Crippen molar-refractivity contribution in [1.82, 2.24) is 14.5 Å². The van der Waals surface area contributed by atoms with Crippen LogP contribution in [0.2, 0.25) is 0 Å². The van der Waals surface area contributed by atoms with Crippen LogP contribution in [0.25, 0.3) is 50.7 Å². The average molecular weight is 514 g/mol. The van der Waals surface area contributed by atoms with Gasteiger partial charge >= 0.3 is 11.9 Å². The van der Waals surface area contributed by atoms with Gasteiger partial charge in [-0.15, -0.1) is 0 Å². The van der Waals surface area contributed by atoms with Gasteiger partial charge < -0.3 is 0 Å². The predicted octanol–water partition coefficient (Wildman–Crippen LogP) is 4.17. The third-order valence-corrected chi connectivity index (χ3v) is 7.84. The number of allylic oxidation sites excluding steroid dienone is 1. The Balaban J connectivity index is 1.98. The molecule has 3 nitrogen and oxygen atoms in total. The number of fused-ring (bicyclic) bond motifs is 4. The minimum absolute atomic E-state index is 0.0122. The van der Waals surface area contributed by atoms with E-state index in [0.29, 0.717) is 0 Å². The summed E-state index contributed by atoms with van der Waals surface area (Å²) >= 11 is 2.48. The van der Waals surface area contributed by atoms with Gasteiger partial charge in [-0.1, -0.05) is 79.4 Å². The molecule has 0 bridgehead atoms. The molecule has 0 unspecified atom stereocenters. The van der Waals surface area contributed by atoms with Gasteiger partial charge in [-0.2, -0.15) is 0 Å². The van der Waals surface area contributed by atoms with Crippen molar-refractivity contribution >= 4 is 81.5 Å². The van der Waals surface area contributed by atoms with Crippen molar-refractivity contribution in [2.24, 2.45) is 0 Å². The molecule has 0 atom stereocenters. The quantitative estimate of drug-likeness (QED) is 0.206. The van der Waals surface area contributed by atoms with E-state index in [9.17, 15) is 0 Å². The fourth-order valence-electron chi connectivity index (χ4n) is 4.14. The molecule has 143 valence electrons. The van der Waals surface area contributed by atoms with Gasteiger partial charge in [-0.25, -0.2) is 30.2 Å². The summed E-state index contributed by atoms with van der Waals surface area (Å²) in [5.41, 5.74) is 2.12. The molecule has 30 heavy (non-hydrogen) atoms. The number of benzene rings is 3. The first kappa shape index (κ1) is 19.5. The van der Waals surface area contributed by atoms with Crippen LogP contribution in [0.4, 0.5) is 0 Å². The van der Waals surface area contributed by atoms with Crippen LogP contribution in [0, 0.1) is 0 Å². The number of hydrogen-bond donors (Lipinski definition) is 0. The second kappa shape index (κ2) is 7.99. The first-order valence-electron chi connectivity index (χ1n) is 9.78. The highest BCUT2D eigenvalue weighted by Gasteiger charge is 2.15. The largest absolute Gasteiger partial charge is 0.388 e. The van der Waals surface area contributed by atoms with Gasteiger partial charge in [0, 0.05) is 21.4 Å². The smallest absolute Gasteiger partial charge is 0.278 e. The van der Waals surface area contributed by atoms with Gasteiger partial charge in [-0.3, -0.25) is 4.57 Å². The van der Waals surface area contributed by atoms with Crippen molar-refractivity contribution in [2.45, 2.75) is 6.92 Å². The standard InChI is InChI=1S/C25H18N3.Al.HI/c1-3-9-20-21-12-7-8-13-23(21)28(22(20)4-2)25-26-16-18-15-14-17-10-5-6-11-19(17)24(18)27-25;;/h3-15H,1H2,2H3;;1H/q;+1;/p-1/b20-9-,22-4+;;. The lowest BCUT2D eigenvalue weighted by atomic mass is 10.1. The molecular weight excluding hydrogens is 496 g/mol. The van der Waals surface area contributed by atoms with Crippen LogP contribution in [0.15, 0.2) is 73.3 Å². The summed E-state index contributed by atoms with van der Waals surface area (Å²) in [4.78, 5) is 10.2. The van der Waals surface area contributed by atoms with Crippen molar-refractivity contribution in [3.05, 3.63) is 83.9 Å². The molecule has 2 heterocycles. The van der Waals surface area contributed by atoms with Crippen LogP contribution in [0.3, 0.4) is 0 Å². The Morgan fingerprint density at radius 3 is 2.47 bits per heavy atom. The molecule has 0 saturated heterocycles. The van der Waals surface area contributed by atoms with Crippen molar-refractivity contribution in [3.8, 4) is 5.95 Å². The van der Waals surface area contributed by atoms with Crippen LogP contribution in [-0.4, -0.2) is 26.5 Å². The molecule has 0 aliphatic rings. The van der Waals surface area contributed by atoms with E-state index in [2.05, 4.69) is 111 Å². The van der Waals surface area contributed by atoms with Crippen molar-refractivity contribution in [1.29, 1.82) is 0 Å². The van der Waals surface area contributed by atoms with E-state index in [0.717, 1.165) is 37.5 Å². The molecule has 0 amide bonds. The van der Waals surface area contributed by atoms with Gasteiger partial charge in [0.1, 0.15) is 0 Å². The van der Waals surface area contributed by atoms with E-state index in [-0.39, 0.29) is 11.9 Å². The zero-order chi connectivity index (χ0) is 20.7. The Hall–Kier alpha value is -2.46. The Kier molecular flexibility index (Phi) is 5.20. The highest BCUT2D eigenvalue weighted by molar-refractivity contribution is 14.1. The van der Waals surface area contributed by atoms with E-state index in [1.807, 2.05) is 6.08 Å². The van der Waals surface area contributed by atoms with Crippen molar-refractivity contribution < 1.29 is 0 Å². The second-order valence-corrected chi connectivity index (χ2v) is 9.68. The Bertz CT molecular complexity index is 1570. The number of hydrogen-bond acceptors (Lipinski definition) is 2. The molecule has 1 radical (unpaired) electrons. The SMILES string of the molecule is C=C/C=c1\c(=C/C)n(-c2n[c]([Al][I])c3ccc4ccccc4c3n2)c2ccccc12. The molecule has 0 spiro atoms. The highest BCUT2D eigenvalue weighted by Crippen LogP contribution is 2.23. The molecule has 0 aliphatic carbocycles. The van der Waals surface area contributed by atoms with Crippen molar-refractivity contribution in [3.63, 3.8) is 0 Å². The van der Waals surface area contributed by atoms with E-state index >= 15 is 0 Å². The van der Waals surface area contributed by atoms with Gasteiger partial charge in [0.05, 0.1) is 16.4 Å². The third kappa shape index (κ3) is 3.01. The van der Waals surface area contributed by atoms with E-state index < -0.39 is 0 Å². The van der Waals surface area contributed by atoms with Gasteiger partial charge in [0.25, 0.3) is 0 Å². The lowest BCUT2D eigenvalue weighted by Crippen LogP contribution is -2.30. The zero-order valence-corrected chi connectivity index (χ0v) is 19.8. The predicted molar refractivity (Wildman–Crippen MR) is 137 cm³/mol.